The van der Waals surface area contributed by atoms with Gasteiger partial charge in [0.2, 0.25) is 0 Å². The van der Waals surface area contributed by atoms with Crippen LogP contribution in [0.2, 0.25) is 0 Å². The van der Waals surface area contributed by atoms with E-state index in [-0.39, 0.29) is 12.1 Å². The van der Waals surface area contributed by atoms with E-state index in [1.54, 1.807) is 0 Å². The average Bonchev–Trinajstić information content (AvgIpc) is 2.49. The van der Waals surface area contributed by atoms with Gasteiger partial charge in [-0.3, -0.25) is 4.79 Å². The van der Waals surface area contributed by atoms with Gasteiger partial charge >= 0.3 is 6.18 Å². The smallest absolute Gasteiger partial charge is 0.352 e. The monoisotopic (exact) mass is 389 g/mol. The second kappa shape index (κ2) is 7.12. The summed E-state index contributed by atoms with van der Waals surface area (Å²) in [5.41, 5.74) is 0.114. The number of carbonyl (C=O) groups excluding carboxylic acids is 1. The SMILES string of the molecule is O=C(NCCc1ccc(C(F)(F)F)cc1)c1cc(F)ccc1Br. The van der Waals surface area contributed by atoms with Gasteiger partial charge in [-0.15, -0.1) is 0 Å². The Labute approximate surface area is 138 Å². The second-order valence-corrected chi connectivity index (χ2v) is 5.68. The first-order valence-corrected chi connectivity index (χ1v) is 7.46. The van der Waals surface area contributed by atoms with Gasteiger partial charge in [-0.05, 0) is 58.2 Å². The van der Waals surface area contributed by atoms with E-state index in [2.05, 4.69) is 21.2 Å². The van der Waals surface area contributed by atoms with Crippen LogP contribution >= 0.6 is 15.9 Å². The van der Waals surface area contributed by atoms with Gasteiger partial charge in [0.1, 0.15) is 5.82 Å². The number of hydrogen-bond acceptors (Lipinski definition) is 1. The highest BCUT2D eigenvalue weighted by Crippen LogP contribution is 2.29. The summed E-state index contributed by atoms with van der Waals surface area (Å²) in [5.74, 6) is -0.982. The molecule has 2 aromatic rings. The molecule has 23 heavy (non-hydrogen) atoms. The van der Waals surface area contributed by atoms with Gasteiger partial charge in [0.05, 0.1) is 11.1 Å². The molecule has 0 aliphatic rings. The van der Waals surface area contributed by atoms with E-state index in [9.17, 15) is 22.4 Å². The molecule has 0 bridgehead atoms. The molecule has 0 unspecified atom stereocenters. The van der Waals surface area contributed by atoms with Crippen LogP contribution in [0.25, 0.3) is 0 Å². The van der Waals surface area contributed by atoms with Crippen molar-refractivity contribution in [3.8, 4) is 0 Å². The van der Waals surface area contributed by atoms with Crippen molar-refractivity contribution < 1.29 is 22.4 Å². The predicted octanol–water partition coefficient (Wildman–Crippen LogP) is 4.58. The average molecular weight is 390 g/mol. The molecule has 1 N–H and O–H groups in total. The Morgan fingerprint density at radius 2 is 1.74 bits per heavy atom. The quantitative estimate of drug-likeness (QED) is 0.761. The first-order valence-electron chi connectivity index (χ1n) is 6.67. The minimum absolute atomic E-state index is 0.164. The van der Waals surface area contributed by atoms with Crippen molar-refractivity contribution in [1.29, 1.82) is 0 Å². The van der Waals surface area contributed by atoms with Crippen molar-refractivity contribution in [2.75, 3.05) is 6.54 Å². The lowest BCUT2D eigenvalue weighted by molar-refractivity contribution is -0.137. The molecule has 1 amide bonds. The number of rotatable bonds is 4. The maximum absolute atomic E-state index is 13.1. The van der Waals surface area contributed by atoms with Crippen molar-refractivity contribution in [3.05, 3.63) is 69.4 Å². The normalized spacial score (nSPS) is 11.3. The van der Waals surface area contributed by atoms with E-state index in [0.29, 0.717) is 16.5 Å². The number of alkyl halides is 3. The Bertz CT molecular complexity index is 698. The second-order valence-electron chi connectivity index (χ2n) is 4.82. The number of hydrogen-bond donors (Lipinski definition) is 1. The van der Waals surface area contributed by atoms with Crippen LogP contribution in [0.5, 0.6) is 0 Å². The van der Waals surface area contributed by atoms with E-state index in [1.165, 1.54) is 24.3 Å². The molecule has 2 rings (SSSR count). The van der Waals surface area contributed by atoms with Crippen LogP contribution in [0.3, 0.4) is 0 Å². The maximum Gasteiger partial charge on any atom is 0.416 e. The summed E-state index contributed by atoms with van der Waals surface area (Å²) < 4.78 is 50.9. The van der Waals surface area contributed by atoms with E-state index in [4.69, 9.17) is 0 Å². The van der Waals surface area contributed by atoms with Gasteiger partial charge in [0.25, 0.3) is 5.91 Å². The summed E-state index contributed by atoms with van der Waals surface area (Å²) in [6, 6.07) is 8.50. The Morgan fingerprint density at radius 3 is 2.35 bits per heavy atom. The molecule has 0 aromatic heterocycles. The molecule has 0 atom stereocenters. The molecule has 2 nitrogen and oxygen atoms in total. The Morgan fingerprint density at radius 1 is 1.09 bits per heavy atom. The van der Waals surface area contributed by atoms with Crippen LogP contribution in [0.1, 0.15) is 21.5 Å². The van der Waals surface area contributed by atoms with Crippen molar-refractivity contribution in [2.45, 2.75) is 12.6 Å². The number of nitrogens with one attached hydrogen (secondary N) is 1. The van der Waals surface area contributed by atoms with Crippen LogP contribution < -0.4 is 5.32 Å². The standard InChI is InChI=1S/C16H12BrF4NO/c17-14-6-5-12(18)9-13(14)15(23)22-8-7-10-1-3-11(4-2-10)16(19,20)21/h1-6,9H,7-8H2,(H,22,23). The minimum atomic E-state index is -4.36. The highest BCUT2D eigenvalue weighted by atomic mass is 79.9. The summed E-state index contributed by atoms with van der Waals surface area (Å²) in [5, 5.41) is 2.60. The highest BCUT2D eigenvalue weighted by Gasteiger charge is 2.29. The van der Waals surface area contributed by atoms with Gasteiger partial charge in [-0.1, -0.05) is 12.1 Å². The Kier molecular flexibility index (Phi) is 5.41. The molecular formula is C16H12BrF4NO. The number of halogens is 5. The summed E-state index contributed by atoms with van der Waals surface area (Å²) in [7, 11) is 0. The molecule has 0 heterocycles. The summed E-state index contributed by atoms with van der Waals surface area (Å²) in [6.45, 7) is 0.229. The van der Waals surface area contributed by atoms with Crippen molar-refractivity contribution in [2.24, 2.45) is 0 Å². The van der Waals surface area contributed by atoms with Crippen molar-refractivity contribution in [3.63, 3.8) is 0 Å². The summed E-state index contributed by atoms with van der Waals surface area (Å²) in [6.07, 6.45) is -3.99. The fraction of sp³-hybridized carbons (Fsp3) is 0.188. The van der Waals surface area contributed by atoms with Crippen LogP contribution in [0, 0.1) is 5.82 Å². The lowest BCUT2D eigenvalue weighted by Gasteiger charge is -2.09. The molecule has 0 saturated heterocycles. The zero-order valence-corrected chi connectivity index (χ0v) is 13.3. The fourth-order valence-corrected chi connectivity index (χ4v) is 2.37. The number of carbonyl (C=O) groups is 1. The van der Waals surface area contributed by atoms with E-state index >= 15 is 0 Å². The molecule has 122 valence electrons. The molecule has 0 aliphatic carbocycles. The first kappa shape index (κ1) is 17.5. The van der Waals surface area contributed by atoms with E-state index in [0.717, 1.165) is 18.2 Å². The minimum Gasteiger partial charge on any atom is -0.352 e. The van der Waals surface area contributed by atoms with Crippen LogP contribution in [0.15, 0.2) is 46.9 Å². The zero-order chi connectivity index (χ0) is 17.0. The van der Waals surface area contributed by atoms with Crippen LogP contribution in [-0.2, 0) is 12.6 Å². The highest BCUT2D eigenvalue weighted by molar-refractivity contribution is 9.10. The molecule has 0 spiro atoms. The Hall–Kier alpha value is -1.89. The molecule has 0 saturated carbocycles. The van der Waals surface area contributed by atoms with Crippen LogP contribution in [0.4, 0.5) is 17.6 Å². The maximum atomic E-state index is 13.1. The molecule has 0 radical (unpaired) electrons. The van der Waals surface area contributed by atoms with E-state index in [1.807, 2.05) is 0 Å². The third kappa shape index (κ3) is 4.79. The van der Waals surface area contributed by atoms with Gasteiger partial charge in [-0.25, -0.2) is 4.39 Å². The summed E-state index contributed by atoms with van der Waals surface area (Å²) >= 11 is 3.16. The van der Waals surface area contributed by atoms with Gasteiger partial charge < -0.3 is 5.32 Å². The lowest BCUT2D eigenvalue weighted by atomic mass is 10.1. The van der Waals surface area contributed by atoms with Crippen molar-refractivity contribution in [1.82, 2.24) is 5.32 Å². The van der Waals surface area contributed by atoms with Crippen molar-refractivity contribution >= 4 is 21.8 Å². The fourth-order valence-electron chi connectivity index (χ4n) is 1.95. The lowest BCUT2D eigenvalue weighted by Crippen LogP contribution is -2.26. The Balaban J connectivity index is 1.92. The van der Waals surface area contributed by atoms with Crippen LogP contribution in [-0.4, -0.2) is 12.5 Å². The topological polar surface area (TPSA) is 29.1 Å². The molecule has 0 aliphatic heterocycles. The largest absolute Gasteiger partial charge is 0.416 e. The first-order chi connectivity index (χ1) is 10.8. The van der Waals surface area contributed by atoms with Gasteiger partial charge in [-0.2, -0.15) is 13.2 Å². The summed E-state index contributed by atoms with van der Waals surface area (Å²) in [4.78, 5) is 11.9. The molecule has 2 aromatic carbocycles. The molecular weight excluding hydrogens is 378 g/mol. The zero-order valence-electron chi connectivity index (χ0n) is 11.8. The third-order valence-electron chi connectivity index (χ3n) is 3.15. The number of benzene rings is 2. The van der Waals surface area contributed by atoms with Gasteiger partial charge in [0.15, 0.2) is 0 Å². The van der Waals surface area contributed by atoms with Gasteiger partial charge in [0, 0.05) is 11.0 Å². The predicted molar refractivity (Wildman–Crippen MR) is 81.6 cm³/mol. The molecule has 7 heteroatoms. The third-order valence-corrected chi connectivity index (χ3v) is 3.85. The van der Waals surface area contributed by atoms with E-state index < -0.39 is 23.5 Å². The number of amides is 1. The molecule has 0 fully saturated rings.